The number of hydrogen-bond donors (Lipinski definition) is 2. The van der Waals surface area contributed by atoms with Crippen LogP contribution in [-0.2, 0) is 13.2 Å². The van der Waals surface area contributed by atoms with Crippen LogP contribution in [0.15, 0.2) is 48.5 Å². The van der Waals surface area contributed by atoms with Gasteiger partial charge in [-0.15, -0.1) is 4.79 Å². The molecule has 0 saturated heterocycles. The van der Waals surface area contributed by atoms with Gasteiger partial charge in [0.2, 0.25) is 0 Å². The van der Waals surface area contributed by atoms with Crippen molar-refractivity contribution >= 4 is 5.95 Å². The van der Waals surface area contributed by atoms with Gasteiger partial charge < -0.3 is 15.9 Å². The normalized spacial score (nSPS) is 10.5. The molecule has 0 atom stereocenters. The molecule has 1 aromatic heterocycles. The molecule has 3 rings (SSSR count). The highest BCUT2D eigenvalue weighted by Crippen LogP contribution is 2.19. The molecule has 0 amide bonds. The molecule has 0 aliphatic carbocycles. The lowest BCUT2D eigenvalue weighted by atomic mass is 10.2. The number of nitrogens with zero attached hydrogens (tertiary/aromatic N) is 4. The van der Waals surface area contributed by atoms with Gasteiger partial charge in [0.25, 0.3) is 5.95 Å². The van der Waals surface area contributed by atoms with Gasteiger partial charge in [0.05, 0.1) is 6.54 Å². The van der Waals surface area contributed by atoms with Crippen molar-refractivity contribution in [2.75, 3.05) is 11.2 Å². The number of tetrazole rings is 1. The van der Waals surface area contributed by atoms with Crippen molar-refractivity contribution in [3.05, 3.63) is 65.5 Å². The van der Waals surface area contributed by atoms with Crippen LogP contribution in [0.5, 0.6) is 5.75 Å². The molecule has 0 aliphatic rings. The summed E-state index contributed by atoms with van der Waals surface area (Å²) in [5, 5.41) is 10.7. The number of halogens is 1. The Morgan fingerprint density at radius 1 is 1.13 bits per heavy atom. The van der Waals surface area contributed by atoms with E-state index < -0.39 is 0 Å². The zero-order valence-corrected chi connectivity index (χ0v) is 12.2. The summed E-state index contributed by atoms with van der Waals surface area (Å²) in [6.45, 7) is 0.791. The monoisotopic (exact) mass is 314 g/mol. The van der Waals surface area contributed by atoms with Crippen LogP contribution >= 0.6 is 0 Å². The summed E-state index contributed by atoms with van der Waals surface area (Å²) in [5.74, 6) is 0.628. The van der Waals surface area contributed by atoms with E-state index in [4.69, 9.17) is 10.5 Å². The maximum atomic E-state index is 12.9. The lowest BCUT2D eigenvalue weighted by Gasteiger charge is -2.12. The standard InChI is InChI=1S/C15H15FN6O/c16-13-7-5-11(6-8-13)10-23-14-4-2-1-3-12(14)9-18-22-15(17)19-20-21-22/h1-8,18H,9-10H2,(H2,17,19,21). The maximum absolute atomic E-state index is 12.9. The topological polar surface area (TPSA) is 90.9 Å². The summed E-state index contributed by atoms with van der Waals surface area (Å²) in [5.41, 5.74) is 10.4. The van der Waals surface area contributed by atoms with Crippen molar-refractivity contribution in [3.8, 4) is 5.75 Å². The molecular weight excluding hydrogens is 299 g/mol. The van der Waals surface area contributed by atoms with Crippen molar-refractivity contribution in [2.45, 2.75) is 13.2 Å². The van der Waals surface area contributed by atoms with Gasteiger partial charge in [-0.05, 0) is 34.2 Å². The Labute approximate surface area is 131 Å². The molecule has 8 heteroatoms. The lowest BCUT2D eigenvalue weighted by Crippen LogP contribution is -2.18. The van der Waals surface area contributed by atoms with Crippen LogP contribution < -0.4 is 15.9 Å². The van der Waals surface area contributed by atoms with Crippen molar-refractivity contribution in [2.24, 2.45) is 0 Å². The molecule has 2 aromatic carbocycles. The average molecular weight is 314 g/mol. The summed E-state index contributed by atoms with van der Waals surface area (Å²) < 4.78 is 18.7. The van der Waals surface area contributed by atoms with E-state index in [0.717, 1.165) is 16.9 Å². The average Bonchev–Trinajstić information content (AvgIpc) is 2.98. The Morgan fingerprint density at radius 2 is 1.91 bits per heavy atom. The third-order valence-corrected chi connectivity index (χ3v) is 3.19. The minimum absolute atomic E-state index is 0.176. The van der Waals surface area contributed by atoms with Gasteiger partial charge in [-0.3, -0.25) is 0 Å². The molecule has 1 heterocycles. The highest BCUT2D eigenvalue weighted by atomic mass is 19.1. The first-order valence-corrected chi connectivity index (χ1v) is 6.95. The Hall–Kier alpha value is -3.16. The van der Waals surface area contributed by atoms with E-state index in [1.807, 2.05) is 24.3 Å². The van der Waals surface area contributed by atoms with Gasteiger partial charge >= 0.3 is 0 Å². The fraction of sp³-hybridized carbons (Fsp3) is 0.133. The van der Waals surface area contributed by atoms with E-state index in [-0.39, 0.29) is 11.8 Å². The number of nitrogens with two attached hydrogens (primary N) is 1. The number of benzene rings is 2. The molecule has 0 saturated carbocycles. The van der Waals surface area contributed by atoms with Gasteiger partial charge in [-0.2, -0.15) is 0 Å². The molecule has 3 aromatic rings. The molecule has 0 aliphatic heterocycles. The molecule has 7 nitrogen and oxygen atoms in total. The van der Waals surface area contributed by atoms with Crippen molar-refractivity contribution in [1.82, 2.24) is 20.3 Å². The Morgan fingerprint density at radius 3 is 2.65 bits per heavy atom. The van der Waals surface area contributed by atoms with Gasteiger partial charge in [0.1, 0.15) is 18.2 Å². The summed E-state index contributed by atoms with van der Waals surface area (Å²) in [7, 11) is 0. The summed E-state index contributed by atoms with van der Waals surface area (Å²) in [6.07, 6.45) is 0. The van der Waals surface area contributed by atoms with Crippen molar-refractivity contribution in [1.29, 1.82) is 0 Å². The van der Waals surface area contributed by atoms with Crippen LogP contribution in [0.3, 0.4) is 0 Å². The van der Waals surface area contributed by atoms with Gasteiger partial charge in [-0.25, -0.2) is 4.39 Å². The highest BCUT2D eigenvalue weighted by Gasteiger charge is 2.06. The molecular formula is C15H15FN6O. The molecule has 118 valence electrons. The largest absolute Gasteiger partial charge is 0.489 e. The summed E-state index contributed by atoms with van der Waals surface area (Å²) >= 11 is 0. The third-order valence-electron chi connectivity index (χ3n) is 3.19. The number of hydrogen-bond acceptors (Lipinski definition) is 6. The quantitative estimate of drug-likeness (QED) is 0.720. The second-order valence-corrected chi connectivity index (χ2v) is 4.81. The van der Waals surface area contributed by atoms with Crippen LogP contribution in [0, 0.1) is 5.82 Å². The Balaban J connectivity index is 1.65. The zero-order chi connectivity index (χ0) is 16.1. The number of nitrogen functional groups attached to an aromatic ring is 1. The molecule has 0 radical (unpaired) electrons. The SMILES string of the molecule is Nc1nnnn1NCc1ccccc1OCc1ccc(F)cc1. The Kier molecular flexibility index (Phi) is 4.32. The third kappa shape index (κ3) is 3.73. The molecule has 3 N–H and O–H groups in total. The number of rotatable bonds is 6. The first-order chi connectivity index (χ1) is 11.2. The van der Waals surface area contributed by atoms with E-state index in [1.54, 1.807) is 12.1 Å². The second-order valence-electron chi connectivity index (χ2n) is 4.81. The van der Waals surface area contributed by atoms with Crippen molar-refractivity contribution in [3.63, 3.8) is 0 Å². The van der Waals surface area contributed by atoms with E-state index >= 15 is 0 Å². The maximum Gasteiger partial charge on any atom is 0.260 e. The highest BCUT2D eigenvalue weighted by molar-refractivity contribution is 5.34. The summed E-state index contributed by atoms with van der Waals surface area (Å²) in [6, 6.07) is 13.8. The van der Waals surface area contributed by atoms with E-state index in [9.17, 15) is 4.39 Å². The Bertz CT molecular complexity index is 774. The van der Waals surface area contributed by atoms with Crippen LogP contribution in [-0.4, -0.2) is 20.3 Å². The first-order valence-electron chi connectivity index (χ1n) is 6.95. The molecule has 23 heavy (non-hydrogen) atoms. The predicted molar refractivity (Wildman–Crippen MR) is 82.5 cm³/mol. The van der Waals surface area contributed by atoms with Crippen molar-refractivity contribution < 1.29 is 9.13 Å². The lowest BCUT2D eigenvalue weighted by molar-refractivity contribution is 0.303. The molecule has 0 spiro atoms. The van der Waals surface area contributed by atoms with E-state index in [1.165, 1.54) is 16.9 Å². The van der Waals surface area contributed by atoms with Crippen LogP contribution in [0.2, 0.25) is 0 Å². The number of aromatic nitrogens is 4. The smallest absolute Gasteiger partial charge is 0.260 e. The number of para-hydroxylation sites is 1. The van der Waals surface area contributed by atoms with Gasteiger partial charge in [-0.1, -0.05) is 35.4 Å². The fourth-order valence-electron chi connectivity index (χ4n) is 2.00. The number of nitrogens with one attached hydrogen (secondary N) is 1. The summed E-state index contributed by atoms with van der Waals surface area (Å²) in [4.78, 5) is 1.29. The van der Waals surface area contributed by atoms with Gasteiger partial charge in [0, 0.05) is 5.56 Å². The van der Waals surface area contributed by atoms with E-state index in [0.29, 0.717) is 13.2 Å². The number of ether oxygens (including phenoxy) is 1. The zero-order valence-electron chi connectivity index (χ0n) is 12.2. The van der Waals surface area contributed by atoms with Gasteiger partial charge in [0.15, 0.2) is 0 Å². The first kappa shape index (κ1) is 14.8. The van der Waals surface area contributed by atoms with E-state index in [2.05, 4.69) is 21.0 Å². The van der Waals surface area contributed by atoms with Crippen LogP contribution in [0.25, 0.3) is 0 Å². The molecule has 0 unspecified atom stereocenters. The minimum Gasteiger partial charge on any atom is -0.489 e. The van der Waals surface area contributed by atoms with Crippen LogP contribution in [0.1, 0.15) is 11.1 Å². The molecule has 0 bridgehead atoms. The predicted octanol–water partition coefficient (Wildman–Crippen LogP) is 1.72. The minimum atomic E-state index is -0.266. The van der Waals surface area contributed by atoms with Crippen LogP contribution in [0.4, 0.5) is 10.3 Å². The number of anilines is 1. The fourth-order valence-corrected chi connectivity index (χ4v) is 2.00. The second kappa shape index (κ2) is 6.73. The molecule has 0 fully saturated rings.